The van der Waals surface area contributed by atoms with Crippen LogP contribution >= 0.6 is 0 Å². The summed E-state index contributed by atoms with van der Waals surface area (Å²) in [5, 5.41) is 0. The Bertz CT molecular complexity index is 226. The molecule has 0 atom stereocenters. The maximum Gasteiger partial charge on any atom is 0.162 e. The molecule has 1 rings (SSSR count). The highest BCUT2D eigenvalue weighted by atomic mass is 28.2. The summed E-state index contributed by atoms with van der Waals surface area (Å²) in [7, 11) is 1.37. The molecule has 0 saturated carbocycles. The fraction of sp³-hybridized carbons (Fsp3) is 0.455. The van der Waals surface area contributed by atoms with Crippen molar-refractivity contribution in [3.8, 4) is 0 Å². The lowest BCUT2D eigenvalue weighted by Crippen LogP contribution is -2.06. The number of methoxy groups -OCH3 is 1. The number of rotatable bonds is 7. The quantitative estimate of drug-likeness (QED) is 0.500. The Balaban J connectivity index is 1.99. The minimum atomic E-state index is -0.333. The van der Waals surface area contributed by atoms with Gasteiger partial charge in [0.2, 0.25) is 0 Å². The normalized spacial score (nSPS) is 11.2. The largest absolute Gasteiger partial charge is 0.422 e. The summed E-state index contributed by atoms with van der Waals surface area (Å²) < 4.78 is 10.4. The molecule has 0 aliphatic carbocycles. The van der Waals surface area contributed by atoms with E-state index >= 15 is 0 Å². The van der Waals surface area contributed by atoms with E-state index in [2.05, 4.69) is 30.3 Å². The van der Waals surface area contributed by atoms with E-state index in [4.69, 9.17) is 9.16 Å². The molecule has 0 aromatic heterocycles. The topological polar surface area (TPSA) is 18.5 Å². The smallest absolute Gasteiger partial charge is 0.162 e. The number of hydrogen-bond donors (Lipinski definition) is 0. The first-order valence-corrected chi connectivity index (χ1v) is 6.62. The first kappa shape index (κ1) is 11.4. The van der Waals surface area contributed by atoms with Crippen molar-refractivity contribution < 1.29 is 9.16 Å². The van der Waals surface area contributed by atoms with Gasteiger partial charge in [0.15, 0.2) is 9.76 Å². The van der Waals surface area contributed by atoms with Crippen LogP contribution in [0.4, 0.5) is 0 Å². The molecule has 78 valence electrons. The van der Waals surface area contributed by atoms with Crippen LogP contribution in [-0.2, 0) is 15.6 Å². The Morgan fingerprint density at radius 3 is 2.64 bits per heavy atom. The van der Waals surface area contributed by atoms with Crippen LogP contribution in [0.15, 0.2) is 30.3 Å². The van der Waals surface area contributed by atoms with Crippen molar-refractivity contribution in [1.29, 1.82) is 0 Å². The molecular weight excluding hydrogens is 192 g/mol. The van der Waals surface area contributed by atoms with Crippen molar-refractivity contribution in [2.45, 2.75) is 12.5 Å². The van der Waals surface area contributed by atoms with Gasteiger partial charge in [0.05, 0.1) is 13.2 Å². The second-order valence-electron chi connectivity index (χ2n) is 3.19. The summed E-state index contributed by atoms with van der Waals surface area (Å²) in [5.41, 5.74) is 1.41. The fourth-order valence-corrected chi connectivity index (χ4v) is 2.35. The SMILES string of the molecule is COCCO[SiH2]CCc1ccccc1. The zero-order valence-electron chi connectivity index (χ0n) is 8.74. The molecule has 0 heterocycles. The van der Waals surface area contributed by atoms with Gasteiger partial charge in [-0.2, -0.15) is 0 Å². The van der Waals surface area contributed by atoms with Crippen molar-refractivity contribution >= 4 is 9.76 Å². The number of aryl methyl sites for hydroxylation is 1. The fourth-order valence-electron chi connectivity index (χ4n) is 1.27. The molecule has 2 nitrogen and oxygen atoms in total. The van der Waals surface area contributed by atoms with Crippen LogP contribution in [0.1, 0.15) is 5.56 Å². The lowest BCUT2D eigenvalue weighted by atomic mass is 10.2. The molecule has 14 heavy (non-hydrogen) atoms. The third-order valence-electron chi connectivity index (χ3n) is 2.03. The average Bonchev–Trinajstić information content (AvgIpc) is 2.25. The van der Waals surface area contributed by atoms with E-state index in [1.165, 1.54) is 11.6 Å². The van der Waals surface area contributed by atoms with Crippen LogP contribution in [-0.4, -0.2) is 30.1 Å². The molecule has 0 aliphatic rings. The molecule has 1 aromatic rings. The molecule has 0 fully saturated rings. The second-order valence-corrected chi connectivity index (χ2v) is 4.72. The Hall–Kier alpha value is -0.643. The standard InChI is InChI=1S/C11H18O2Si/c1-12-8-9-13-14-10-7-11-5-3-2-4-6-11/h2-6H,7-10,14H2,1H3. The van der Waals surface area contributed by atoms with Crippen molar-refractivity contribution in [3.63, 3.8) is 0 Å². The van der Waals surface area contributed by atoms with E-state index in [-0.39, 0.29) is 9.76 Å². The van der Waals surface area contributed by atoms with Crippen molar-refractivity contribution in [2.75, 3.05) is 20.3 Å². The predicted molar refractivity (Wildman–Crippen MR) is 61.3 cm³/mol. The van der Waals surface area contributed by atoms with Crippen LogP contribution in [0.3, 0.4) is 0 Å². The minimum Gasteiger partial charge on any atom is -0.422 e. The van der Waals surface area contributed by atoms with Crippen molar-refractivity contribution in [1.82, 2.24) is 0 Å². The van der Waals surface area contributed by atoms with Gasteiger partial charge in [-0.05, 0) is 18.0 Å². The van der Waals surface area contributed by atoms with E-state index in [9.17, 15) is 0 Å². The third kappa shape index (κ3) is 5.17. The lowest BCUT2D eigenvalue weighted by molar-refractivity contribution is 0.149. The van der Waals surface area contributed by atoms with Gasteiger partial charge in [-0.3, -0.25) is 0 Å². The highest BCUT2D eigenvalue weighted by Crippen LogP contribution is 2.01. The van der Waals surface area contributed by atoms with E-state index in [1.54, 1.807) is 7.11 Å². The van der Waals surface area contributed by atoms with Crippen molar-refractivity contribution in [2.24, 2.45) is 0 Å². The molecular formula is C11H18O2Si. The zero-order chi connectivity index (χ0) is 10.1. The van der Waals surface area contributed by atoms with Gasteiger partial charge >= 0.3 is 0 Å². The maximum atomic E-state index is 5.51. The molecule has 0 bridgehead atoms. The Kier molecular flexibility index (Phi) is 6.31. The van der Waals surface area contributed by atoms with Crippen molar-refractivity contribution in [3.05, 3.63) is 35.9 Å². The van der Waals surface area contributed by atoms with E-state index in [0.717, 1.165) is 19.6 Å². The third-order valence-corrected chi connectivity index (χ3v) is 3.25. The van der Waals surface area contributed by atoms with Crippen LogP contribution < -0.4 is 0 Å². The van der Waals surface area contributed by atoms with Gasteiger partial charge in [0, 0.05) is 7.11 Å². The first-order chi connectivity index (χ1) is 6.93. The predicted octanol–water partition coefficient (Wildman–Crippen LogP) is 1.39. The molecule has 0 N–H and O–H groups in total. The Morgan fingerprint density at radius 2 is 1.93 bits per heavy atom. The number of ether oxygens (including phenoxy) is 1. The molecule has 0 unspecified atom stereocenters. The molecule has 0 radical (unpaired) electrons. The van der Waals surface area contributed by atoms with E-state index in [1.807, 2.05) is 0 Å². The van der Waals surface area contributed by atoms with Gasteiger partial charge in [-0.25, -0.2) is 0 Å². The van der Waals surface area contributed by atoms with Gasteiger partial charge < -0.3 is 9.16 Å². The van der Waals surface area contributed by atoms with Crippen LogP contribution in [0, 0.1) is 0 Å². The van der Waals surface area contributed by atoms with E-state index in [0.29, 0.717) is 0 Å². The molecule has 0 amide bonds. The second kappa shape index (κ2) is 7.73. The zero-order valence-corrected chi connectivity index (χ0v) is 10.2. The highest BCUT2D eigenvalue weighted by molar-refractivity contribution is 6.27. The van der Waals surface area contributed by atoms with Crippen LogP contribution in [0.25, 0.3) is 0 Å². The highest BCUT2D eigenvalue weighted by Gasteiger charge is 1.93. The van der Waals surface area contributed by atoms with E-state index < -0.39 is 0 Å². The lowest BCUT2D eigenvalue weighted by Gasteiger charge is -2.02. The average molecular weight is 210 g/mol. The van der Waals surface area contributed by atoms with Crippen LogP contribution in [0.2, 0.25) is 6.04 Å². The summed E-state index contributed by atoms with van der Waals surface area (Å²) in [6.07, 6.45) is 1.15. The number of benzene rings is 1. The van der Waals surface area contributed by atoms with Gasteiger partial charge in [0.1, 0.15) is 0 Å². The van der Waals surface area contributed by atoms with Gasteiger partial charge in [0.25, 0.3) is 0 Å². The Labute approximate surface area is 88.2 Å². The monoisotopic (exact) mass is 210 g/mol. The molecule has 1 aromatic carbocycles. The molecule has 0 saturated heterocycles. The summed E-state index contributed by atoms with van der Waals surface area (Å²) >= 11 is 0. The summed E-state index contributed by atoms with van der Waals surface area (Å²) in [6, 6.07) is 11.8. The Morgan fingerprint density at radius 1 is 1.14 bits per heavy atom. The molecule has 3 heteroatoms. The maximum absolute atomic E-state index is 5.51. The first-order valence-electron chi connectivity index (χ1n) is 5.04. The summed E-state index contributed by atoms with van der Waals surface area (Å²) in [6.45, 7) is 1.48. The molecule has 0 aliphatic heterocycles. The summed E-state index contributed by atoms with van der Waals surface area (Å²) in [4.78, 5) is 0. The van der Waals surface area contributed by atoms with Gasteiger partial charge in [-0.1, -0.05) is 30.3 Å². The number of hydrogen-bond acceptors (Lipinski definition) is 2. The summed E-state index contributed by atoms with van der Waals surface area (Å²) in [5.74, 6) is 0. The van der Waals surface area contributed by atoms with Gasteiger partial charge in [-0.15, -0.1) is 0 Å². The molecule has 0 spiro atoms. The minimum absolute atomic E-state index is 0.333. The van der Waals surface area contributed by atoms with Crippen LogP contribution in [0.5, 0.6) is 0 Å².